The van der Waals surface area contributed by atoms with E-state index in [0.717, 1.165) is 12.8 Å². The number of para-hydroxylation sites is 1. The first-order valence-corrected chi connectivity index (χ1v) is 5.60. The SMILES string of the molecule is CCCCOc1ccccc1C(C=O)C(=O)O. The molecule has 0 radical (unpaired) electrons. The van der Waals surface area contributed by atoms with E-state index in [9.17, 15) is 9.59 Å². The summed E-state index contributed by atoms with van der Waals surface area (Å²) < 4.78 is 5.49. The quantitative estimate of drug-likeness (QED) is 0.448. The highest BCUT2D eigenvalue weighted by atomic mass is 16.5. The molecule has 0 spiro atoms. The smallest absolute Gasteiger partial charge is 0.318 e. The first kappa shape index (κ1) is 13.2. The molecular weight excluding hydrogens is 220 g/mol. The summed E-state index contributed by atoms with van der Waals surface area (Å²) in [6, 6.07) is 6.74. The van der Waals surface area contributed by atoms with Crippen LogP contribution >= 0.6 is 0 Å². The normalized spacial score (nSPS) is 11.8. The van der Waals surface area contributed by atoms with Gasteiger partial charge < -0.3 is 14.6 Å². The average molecular weight is 236 g/mol. The Balaban J connectivity index is 2.89. The van der Waals surface area contributed by atoms with E-state index in [1.807, 2.05) is 6.92 Å². The predicted octanol–water partition coefficient (Wildman–Crippen LogP) is 2.23. The van der Waals surface area contributed by atoms with Crippen LogP contribution in [0.3, 0.4) is 0 Å². The van der Waals surface area contributed by atoms with Gasteiger partial charge in [-0.15, -0.1) is 0 Å². The zero-order chi connectivity index (χ0) is 12.7. The van der Waals surface area contributed by atoms with Crippen molar-refractivity contribution in [3.8, 4) is 5.75 Å². The predicted molar refractivity (Wildman–Crippen MR) is 63.3 cm³/mol. The van der Waals surface area contributed by atoms with Crippen LogP contribution in [0, 0.1) is 0 Å². The highest BCUT2D eigenvalue weighted by molar-refractivity contribution is 5.93. The maximum absolute atomic E-state index is 10.9. The second-order valence-corrected chi connectivity index (χ2v) is 3.69. The molecule has 0 amide bonds. The molecule has 1 aromatic rings. The average Bonchev–Trinajstić information content (AvgIpc) is 2.32. The molecule has 1 N–H and O–H groups in total. The van der Waals surface area contributed by atoms with Crippen LogP contribution in [0.5, 0.6) is 5.75 Å². The number of benzene rings is 1. The van der Waals surface area contributed by atoms with Gasteiger partial charge in [0.2, 0.25) is 0 Å². The van der Waals surface area contributed by atoms with Gasteiger partial charge in [0, 0.05) is 5.56 Å². The van der Waals surface area contributed by atoms with Gasteiger partial charge in [0.05, 0.1) is 6.61 Å². The minimum absolute atomic E-state index is 0.408. The van der Waals surface area contributed by atoms with Crippen molar-refractivity contribution in [2.75, 3.05) is 6.61 Å². The number of carboxylic acid groups (broad SMARTS) is 1. The van der Waals surface area contributed by atoms with E-state index in [1.165, 1.54) is 0 Å². The molecule has 1 aromatic carbocycles. The maximum Gasteiger partial charge on any atom is 0.318 e. The third kappa shape index (κ3) is 3.59. The van der Waals surface area contributed by atoms with Crippen LogP contribution < -0.4 is 4.74 Å². The Morgan fingerprint density at radius 2 is 2.18 bits per heavy atom. The summed E-state index contributed by atoms with van der Waals surface area (Å²) in [5.74, 6) is -1.85. The van der Waals surface area contributed by atoms with E-state index in [-0.39, 0.29) is 0 Å². The van der Waals surface area contributed by atoms with Crippen LogP contribution in [0.15, 0.2) is 24.3 Å². The van der Waals surface area contributed by atoms with Gasteiger partial charge in [0.1, 0.15) is 18.0 Å². The van der Waals surface area contributed by atoms with Gasteiger partial charge in [-0.05, 0) is 12.5 Å². The molecular formula is C13H16O4. The second-order valence-electron chi connectivity index (χ2n) is 3.69. The number of aldehydes is 1. The van der Waals surface area contributed by atoms with Crippen LogP contribution in [0.25, 0.3) is 0 Å². The molecule has 0 aromatic heterocycles. The molecule has 92 valence electrons. The largest absolute Gasteiger partial charge is 0.493 e. The topological polar surface area (TPSA) is 63.6 Å². The first-order valence-electron chi connectivity index (χ1n) is 5.60. The summed E-state index contributed by atoms with van der Waals surface area (Å²) in [6.45, 7) is 2.57. The third-order valence-electron chi connectivity index (χ3n) is 2.41. The zero-order valence-corrected chi connectivity index (χ0v) is 9.76. The van der Waals surface area contributed by atoms with E-state index in [1.54, 1.807) is 24.3 Å². The molecule has 0 fully saturated rings. The van der Waals surface area contributed by atoms with Crippen LogP contribution in [-0.4, -0.2) is 24.0 Å². The zero-order valence-electron chi connectivity index (χ0n) is 9.76. The van der Waals surface area contributed by atoms with Gasteiger partial charge in [-0.1, -0.05) is 31.5 Å². The Morgan fingerprint density at radius 3 is 2.76 bits per heavy atom. The lowest BCUT2D eigenvalue weighted by Gasteiger charge is -2.13. The van der Waals surface area contributed by atoms with Crippen molar-refractivity contribution in [3.05, 3.63) is 29.8 Å². The minimum Gasteiger partial charge on any atom is -0.493 e. The van der Waals surface area contributed by atoms with Crippen molar-refractivity contribution in [1.29, 1.82) is 0 Å². The summed E-state index contributed by atoms with van der Waals surface area (Å²) in [7, 11) is 0. The highest BCUT2D eigenvalue weighted by Gasteiger charge is 2.22. The van der Waals surface area contributed by atoms with Crippen LogP contribution in [0.4, 0.5) is 0 Å². The fraction of sp³-hybridized carbons (Fsp3) is 0.385. The number of rotatable bonds is 7. The molecule has 0 saturated carbocycles. The maximum atomic E-state index is 10.9. The van der Waals surface area contributed by atoms with E-state index in [0.29, 0.717) is 24.2 Å². The Hall–Kier alpha value is -1.84. The molecule has 0 aliphatic carbocycles. The van der Waals surface area contributed by atoms with Crippen LogP contribution in [0.2, 0.25) is 0 Å². The van der Waals surface area contributed by atoms with E-state index in [2.05, 4.69) is 0 Å². The fourth-order valence-corrected chi connectivity index (χ4v) is 1.46. The molecule has 0 aliphatic heterocycles. The molecule has 1 unspecified atom stereocenters. The first-order chi connectivity index (χ1) is 8.20. The lowest BCUT2D eigenvalue weighted by Crippen LogP contribution is -2.14. The lowest BCUT2D eigenvalue weighted by molar-refractivity contribution is -0.140. The minimum atomic E-state index is -1.16. The van der Waals surface area contributed by atoms with Crippen molar-refractivity contribution in [1.82, 2.24) is 0 Å². The second kappa shape index (κ2) is 6.68. The van der Waals surface area contributed by atoms with E-state index in [4.69, 9.17) is 9.84 Å². The Kier molecular flexibility index (Phi) is 5.20. The summed E-state index contributed by atoms with van der Waals surface area (Å²) in [4.78, 5) is 21.7. The highest BCUT2D eigenvalue weighted by Crippen LogP contribution is 2.25. The number of unbranched alkanes of at least 4 members (excludes halogenated alkanes) is 1. The van der Waals surface area contributed by atoms with Gasteiger partial charge >= 0.3 is 5.97 Å². The molecule has 0 heterocycles. The van der Waals surface area contributed by atoms with E-state index >= 15 is 0 Å². The lowest BCUT2D eigenvalue weighted by atomic mass is 10.00. The number of aliphatic carboxylic acids is 1. The van der Waals surface area contributed by atoms with Gasteiger partial charge in [-0.3, -0.25) is 4.79 Å². The van der Waals surface area contributed by atoms with Crippen LogP contribution in [-0.2, 0) is 9.59 Å². The molecule has 17 heavy (non-hydrogen) atoms. The van der Waals surface area contributed by atoms with Crippen LogP contribution in [0.1, 0.15) is 31.2 Å². The van der Waals surface area contributed by atoms with Crippen molar-refractivity contribution < 1.29 is 19.4 Å². The van der Waals surface area contributed by atoms with Crippen molar-refractivity contribution in [2.24, 2.45) is 0 Å². The fourth-order valence-electron chi connectivity index (χ4n) is 1.46. The van der Waals surface area contributed by atoms with Gasteiger partial charge in [-0.2, -0.15) is 0 Å². The standard InChI is InChI=1S/C13H16O4/c1-2-3-8-17-12-7-5-4-6-10(12)11(9-14)13(15)16/h4-7,9,11H,2-3,8H2,1H3,(H,15,16). The number of hydrogen-bond acceptors (Lipinski definition) is 3. The summed E-state index contributed by atoms with van der Waals surface area (Å²) in [5, 5.41) is 8.94. The number of hydrogen-bond donors (Lipinski definition) is 1. The number of carbonyl (C=O) groups excluding carboxylic acids is 1. The number of carbonyl (C=O) groups is 2. The molecule has 1 atom stereocenters. The molecule has 4 nitrogen and oxygen atoms in total. The van der Waals surface area contributed by atoms with Crippen molar-refractivity contribution >= 4 is 12.3 Å². The summed E-state index contributed by atoms with van der Waals surface area (Å²) in [6.07, 6.45) is 2.32. The Bertz CT molecular complexity index is 387. The van der Waals surface area contributed by atoms with Gasteiger partial charge in [0.15, 0.2) is 0 Å². The third-order valence-corrected chi connectivity index (χ3v) is 2.41. The van der Waals surface area contributed by atoms with Gasteiger partial charge in [-0.25, -0.2) is 0 Å². The Labute approximate surface area is 100 Å². The van der Waals surface area contributed by atoms with Gasteiger partial charge in [0.25, 0.3) is 0 Å². The molecule has 0 aliphatic rings. The molecule has 0 saturated heterocycles. The monoisotopic (exact) mass is 236 g/mol. The molecule has 1 rings (SSSR count). The van der Waals surface area contributed by atoms with E-state index < -0.39 is 11.9 Å². The summed E-state index contributed by atoms with van der Waals surface area (Å²) >= 11 is 0. The number of carboxylic acids is 1. The molecule has 4 heteroatoms. The number of ether oxygens (including phenoxy) is 1. The molecule has 0 bridgehead atoms. The van der Waals surface area contributed by atoms with Crippen molar-refractivity contribution in [2.45, 2.75) is 25.7 Å². The Morgan fingerprint density at radius 1 is 1.47 bits per heavy atom. The van der Waals surface area contributed by atoms with Crippen molar-refractivity contribution in [3.63, 3.8) is 0 Å². The summed E-state index contributed by atoms with van der Waals surface area (Å²) in [5.41, 5.74) is 0.408.